The van der Waals surface area contributed by atoms with Crippen LogP contribution in [-0.2, 0) is 16.1 Å². The van der Waals surface area contributed by atoms with Crippen molar-refractivity contribution in [1.29, 1.82) is 0 Å². The number of carbonyl (C=O) groups is 2. The van der Waals surface area contributed by atoms with E-state index < -0.39 is 6.04 Å². The average molecular weight is 449 g/mol. The molecule has 2 aromatic carbocycles. The molecule has 0 aromatic heterocycles. The Balaban J connectivity index is 2.14. The number of hydrogen-bond acceptors (Lipinski definition) is 3. The predicted octanol–water partition coefficient (Wildman–Crippen LogP) is 4.48. The number of amides is 2. The van der Waals surface area contributed by atoms with E-state index in [-0.39, 0.29) is 23.6 Å². The molecule has 4 nitrogen and oxygen atoms in total. The van der Waals surface area contributed by atoms with Crippen molar-refractivity contribution in [2.45, 2.75) is 44.3 Å². The molecule has 2 rings (SSSR count). The van der Waals surface area contributed by atoms with Crippen LogP contribution in [0, 0.1) is 0 Å². The van der Waals surface area contributed by atoms with E-state index in [2.05, 4.69) is 21.2 Å². The summed E-state index contributed by atoms with van der Waals surface area (Å²) in [6, 6.07) is 17.1. The predicted molar refractivity (Wildman–Crippen MR) is 115 cm³/mol. The van der Waals surface area contributed by atoms with Gasteiger partial charge in [0.1, 0.15) is 6.04 Å². The number of rotatable bonds is 8. The van der Waals surface area contributed by atoms with Crippen molar-refractivity contribution in [3.05, 3.63) is 64.6 Å². The van der Waals surface area contributed by atoms with Gasteiger partial charge in [-0.25, -0.2) is 0 Å². The van der Waals surface area contributed by atoms with Crippen LogP contribution in [0.1, 0.15) is 26.3 Å². The van der Waals surface area contributed by atoms with E-state index in [1.807, 2.05) is 68.4 Å². The molecule has 0 spiro atoms. The fourth-order valence-corrected chi connectivity index (χ4v) is 3.82. The lowest BCUT2D eigenvalue weighted by atomic mass is 10.1. The van der Waals surface area contributed by atoms with Gasteiger partial charge in [0, 0.05) is 22.0 Å². The second kappa shape index (κ2) is 10.5. The van der Waals surface area contributed by atoms with Gasteiger partial charge < -0.3 is 10.2 Å². The minimum atomic E-state index is -0.546. The summed E-state index contributed by atoms with van der Waals surface area (Å²) < 4.78 is 0.949. The Kier molecular flexibility index (Phi) is 8.38. The highest BCUT2D eigenvalue weighted by Crippen LogP contribution is 2.20. The Labute approximate surface area is 173 Å². The molecule has 0 radical (unpaired) electrons. The minimum Gasteiger partial charge on any atom is -0.352 e. The zero-order valence-corrected chi connectivity index (χ0v) is 18.2. The Bertz CT molecular complexity index is 768. The molecule has 0 aliphatic heterocycles. The summed E-state index contributed by atoms with van der Waals surface area (Å²) in [5.74, 6) is 0.0883. The van der Waals surface area contributed by atoms with E-state index in [0.29, 0.717) is 6.54 Å². The van der Waals surface area contributed by atoms with Crippen LogP contribution in [0.4, 0.5) is 0 Å². The molecule has 0 saturated heterocycles. The van der Waals surface area contributed by atoms with Gasteiger partial charge in [-0.15, -0.1) is 11.8 Å². The van der Waals surface area contributed by atoms with E-state index in [1.165, 1.54) is 11.8 Å². The van der Waals surface area contributed by atoms with Gasteiger partial charge in [0.15, 0.2) is 0 Å². The van der Waals surface area contributed by atoms with Gasteiger partial charge in [-0.05, 0) is 50.6 Å². The maximum Gasteiger partial charge on any atom is 0.242 e. The monoisotopic (exact) mass is 448 g/mol. The Morgan fingerprint density at radius 2 is 1.78 bits per heavy atom. The second-order valence-corrected chi connectivity index (χ2v) is 8.56. The van der Waals surface area contributed by atoms with Crippen molar-refractivity contribution in [2.24, 2.45) is 0 Å². The van der Waals surface area contributed by atoms with Crippen molar-refractivity contribution in [1.82, 2.24) is 10.2 Å². The Hall–Kier alpha value is -1.79. The topological polar surface area (TPSA) is 49.4 Å². The molecule has 0 aliphatic carbocycles. The minimum absolute atomic E-state index is 0.0291. The first-order valence-corrected chi connectivity index (χ1v) is 10.7. The molecule has 0 heterocycles. The smallest absolute Gasteiger partial charge is 0.242 e. The summed E-state index contributed by atoms with van der Waals surface area (Å²) in [4.78, 5) is 28.1. The van der Waals surface area contributed by atoms with Gasteiger partial charge >= 0.3 is 0 Å². The quantitative estimate of drug-likeness (QED) is 0.605. The van der Waals surface area contributed by atoms with Gasteiger partial charge in [-0.3, -0.25) is 9.59 Å². The summed E-state index contributed by atoms with van der Waals surface area (Å²) in [6.45, 7) is 5.99. The van der Waals surface area contributed by atoms with E-state index in [9.17, 15) is 9.59 Å². The highest BCUT2D eigenvalue weighted by atomic mass is 79.9. The molecule has 0 fully saturated rings. The lowest BCUT2D eigenvalue weighted by molar-refractivity contribution is -0.138. The SMILES string of the molecule is CC(C)NC(=O)[C@@H](C)N(Cc1cccc(Br)c1)C(=O)CSc1ccccc1. The van der Waals surface area contributed by atoms with Crippen LogP contribution in [0.25, 0.3) is 0 Å². The van der Waals surface area contributed by atoms with Crippen LogP contribution in [0.3, 0.4) is 0 Å². The molecular weight excluding hydrogens is 424 g/mol. The summed E-state index contributed by atoms with van der Waals surface area (Å²) in [6.07, 6.45) is 0. The van der Waals surface area contributed by atoms with Crippen LogP contribution in [0.2, 0.25) is 0 Å². The molecule has 6 heteroatoms. The number of thioether (sulfide) groups is 1. The third-order valence-corrected chi connectivity index (χ3v) is 5.44. The second-order valence-electron chi connectivity index (χ2n) is 6.59. The number of nitrogens with zero attached hydrogens (tertiary/aromatic N) is 1. The third kappa shape index (κ3) is 7.03. The zero-order chi connectivity index (χ0) is 19.8. The molecular formula is C21H25BrN2O2S. The van der Waals surface area contributed by atoms with Gasteiger partial charge in [0.05, 0.1) is 5.75 Å². The number of nitrogens with one attached hydrogen (secondary N) is 1. The molecule has 2 amide bonds. The van der Waals surface area contributed by atoms with Crippen molar-refractivity contribution in [3.8, 4) is 0 Å². The first-order chi connectivity index (χ1) is 12.9. The number of hydrogen-bond donors (Lipinski definition) is 1. The van der Waals surface area contributed by atoms with Gasteiger partial charge in [-0.2, -0.15) is 0 Å². The normalized spacial score (nSPS) is 11.9. The molecule has 0 saturated carbocycles. The molecule has 2 aromatic rings. The van der Waals surface area contributed by atoms with Gasteiger partial charge in [-0.1, -0.05) is 46.3 Å². The molecule has 0 unspecified atom stereocenters. The molecule has 1 N–H and O–H groups in total. The van der Waals surface area contributed by atoms with E-state index in [4.69, 9.17) is 0 Å². The third-order valence-electron chi connectivity index (χ3n) is 3.95. The highest BCUT2D eigenvalue weighted by Gasteiger charge is 2.26. The number of halogens is 1. The molecule has 0 bridgehead atoms. The average Bonchev–Trinajstić information content (AvgIpc) is 2.64. The van der Waals surface area contributed by atoms with Crippen molar-refractivity contribution < 1.29 is 9.59 Å². The van der Waals surface area contributed by atoms with Gasteiger partial charge in [0.2, 0.25) is 11.8 Å². The molecule has 0 aliphatic rings. The van der Waals surface area contributed by atoms with Crippen LogP contribution < -0.4 is 5.32 Å². The van der Waals surface area contributed by atoms with Crippen molar-refractivity contribution in [3.63, 3.8) is 0 Å². The fourth-order valence-electron chi connectivity index (χ4n) is 2.56. The Morgan fingerprint density at radius 3 is 2.41 bits per heavy atom. The van der Waals surface area contributed by atoms with Gasteiger partial charge in [0.25, 0.3) is 0 Å². The van der Waals surface area contributed by atoms with E-state index >= 15 is 0 Å². The van der Waals surface area contributed by atoms with Crippen LogP contribution >= 0.6 is 27.7 Å². The summed E-state index contributed by atoms with van der Waals surface area (Å²) in [5, 5.41) is 2.90. The first kappa shape index (κ1) is 21.5. The maximum atomic E-state index is 13.0. The molecule has 27 heavy (non-hydrogen) atoms. The standard InChI is InChI=1S/C21H25BrN2O2S/c1-15(2)23-21(26)16(3)24(13-17-8-7-9-18(22)12-17)20(25)14-27-19-10-5-4-6-11-19/h4-12,15-16H,13-14H2,1-3H3,(H,23,26)/t16-/m1/s1. The summed E-state index contributed by atoms with van der Waals surface area (Å²) in [7, 11) is 0. The number of benzene rings is 2. The molecule has 144 valence electrons. The number of carbonyl (C=O) groups excluding carboxylic acids is 2. The fraction of sp³-hybridized carbons (Fsp3) is 0.333. The Morgan fingerprint density at radius 1 is 1.07 bits per heavy atom. The first-order valence-electron chi connectivity index (χ1n) is 8.89. The van der Waals surface area contributed by atoms with Crippen LogP contribution in [0.15, 0.2) is 64.0 Å². The summed E-state index contributed by atoms with van der Waals surface area (Å²) in [5.41, 5.74) is 0.978. The lowest BCUT2D eigenvalue weighted by Gasteiger charge is -2.29. The maximum absolute atomic E-state index is 13.0. The highest BCUT2D eigenvalue weighted by molar-refractivity contribution is 9.10. The van der Waals surface area contributed by atoms with Crippen LogP contribution in [0.5, 0.6) is 0 Å². The largest absolute Gasteiger partial charge is 0.352 e. The molecule has 1 atom stereocenters. The van der Waals surface area contributed by atoms with Crippen molar-refractivity contribution >= 4 is 39.5 Å². The lowest BCUT2D eigenvalue weighted by Crippen LogP contribution is -2.49. The zero-order valence-electron chi connectivity index (χ0n) is 15.8. The van der Waals surface area contributed by atoms with E-state index in [1.54, 1.807) is 11.8 Å². The summed E-state index contributed by atoms with van der Waals surface area (Å²) >= 11 is 4.94. The van der Waals surface area contributed by atoms with Crippen molar-refractivity contribution in [2.75, 3.05) is 5.75 Å². The van der Waals surface area contributed by atoms with Crippen LogP contribution in [-0.4, -0.2) is 34.6 Å². The van der Waals surface area contributed by atoms with E-state index in [0.717, 1.165) is 14.9 Å².